The minimum atomic E-state index is 0.981. The molecule has 0 aromatic carbocycles. The van der Waals surface area contributed by atoms with Crippen molar-refractivity contribution >= 4 is 34.1 Å². The number of hydrogen-bond donors (Lipinski definition) is 1. The molecule has 4 rings (SSSR count). The largest absolute Gasteiger partial charge is 0.338 e. The van der Waals surface area contributed by atoms with E-state index in [1.165, 1.54) is 29.3 Å². The number of nitrogens with one attached hydrogen (secondary N) is 1. The van der Waals surface area contributed by atoms with E-state index in [9.17, 15) is 0 Å². The fourth-order valence-electron chi connectivity index (χ4n) is 2.78. The van der Waals surface area contributed by atoms with E-state index < -0.39 is 0 Å². The van der Waals surface area contributed by atoms with Gasteiger partial charge in [0, 0.05) is 35.8 Å². The summed E-state index contributed by atoms with van der Waals surface area (Å²) >= 11 is 4.02. The van der Waals surface area contributed by atoms with E-state index in [2.05, 4.69) is 27.0 Å². The van der Waals surface area contributed by atoms with Crippen molar-refractivity contribution in [3.05, 3.63) is 16.0 Å². The summed E-state index contributed by atoms with van der Waals surface area (Å²) in [6, 6.07) is 0. The van der Waals surface area contributed by atoms with Gasteiger partial charge in [0.05, 0.1) is 0 Å². The summed E-state index contributed by atoms with van der Waals surface area (Å²) in [5.41, 5.74) is 3.20. The molecule has 3 aliphatic heterocycles. The predicted molar refractivity (Wildman–Crippen MR) is 75.1 cm³/mol. The van der Waals surface area contributed by atoms with E-state index in [1.54, 1.807) is 16.0 Å². The lowest BCUT2D eigenvalue weighted by molar-refractivity contribution is 0.381. The van der Waals surface area contributed by atoms with Gasteiger partial charge in [-0.1, -0.05) is 0 Å². The Balaban J connectivity index is 1.77. The first-order valence-corrected chi connectivity index (χ1v) is 8.16. The van der Waals surface area contributed by atoms with E-state index in [0.717, 1.165) is 25.6 Å². The normalized spacial score (nSPS) is 22.1. The van der Waals surface area contributed by atoms with Crippen LogP contribution in [0, 0.1) is 0 Å². The van der Waals surface area contributed by atoms with Gasteiger partial charge < -0.3 is 10.2 Å². The highest BCUT2D eigenvalue weighted by molar-refractivity contribution is 7.98. The maximum Gasteiger partial charge on any atom is 0.199 e. The quantitative estimate of drug-likeness (QED) is 0.781. The van der Waals surface area contributed by atoms with E-state index in [4.69, 9.17) is 0 Å². The molecule has 3 aliphatic rings. The summed E-state index contributed by atoms with van der Waals surface area (Å²) in [6.45, 7) is 3.22. The fourth-order valence-corrected chi connectivity index (χ4v) is 5.17. The second-order valence-corrected chi connectivity index (χ2v) is 6.93. The highest BCUT2D eigenvalue weighted by atomic mass is 32.2. The van der Waals surface area contributed by atoms with Gasteiger partial charge in [-0.3, -0.25) is 4.99 Å². The first-order valence-electron chi connectivity index (χ1n) is 6.19. The molecule has 3 nitrogen and oxygen atoms in total. The molecule has 17 heavy (non-hydrogen) atoms. The van der Waals surface area contributed by atoms with Crippen molar-refractivity contribution in [2.45, 2.75) is 25.1 Å². The maximum absolute atomic E-state index is 4.59. The zero-order chi connectivity index (χ0) is 11.2. The van der Waals surface area contributed by atoms with Gasteiger partial charge in [0.2, 0.25) is 0 Å². The van der Waals surface area contributed by atoms with Crippen LogP contribution in [-0.2, 0) is 18.7 Å². The molecule has 1 aromatic rings. The third-order valence-corrected chi connectivity index (χ3v) is 6.01. The second kappa shape index (κ2) is 3.92. The molecular formula is C12H15N3S2. The summed E-state index contributed by atoms with van der Waals surface area (Å²) in [4.78, 5) is 8.59. The van der Waals surface area contributed by atoms with E-state index >= 15 is 0 Å². The molecule has 5 heteroatoms. The van der Waals surface area contributed by atoms with Gasteiger partial charge in [-0.05, 0) is 24.2 Å². The first kappa shape index (κ1) is 10.3. The molecule has 0 saturated heterocycles. The standard InChI is InChI=1S/C12H15N3S2/c1-3-13-12-14-11-9(6-15(12)4-1)8-2-5-16-7-10(8)17-11/h1-7H2,(H,13,14). The number of anilines is 1. The summed E-state index contributed by atoms with van der Waals surface area (Å²) in [5, 5.41) is 4.91. The van der Waals surface area contributed by atoms with E-state index in [0.29, 0.717) is 0 Å². The van der Waals surface area contributed by atoms with Crippen molar-refractivity contribution in [3.8, 4) is 0 Å². The Bertz CT molecular complexity index is 492. The van der Waals surface area contributed by atoms with Crippen molar-refractivity contribution < 1.29 is 0 Å². The van der Waals surface area contributed by atoms with Gasteiger partial charge >= 0.3 is 0 Å². The van der Waals surface area contributed by atoms with E-state index in [-0.39, 0.29) is 0 Å². The first-order chi connectivity index (χ1) is 8.42. The number of thioether (sulfide) groups is 1. The lowest BCUT2D eigenvalue weighted by Gasteiger charge is -2.34. The van der Waals surface area contributed by atoms with Crippen molar-refractivity contribution in [1.29, 1.82) is 0 Å². The average molecular weight is 265 g/mol. The number of guanidine groups is 1. The Labute approximate surface area is 109 Å². The Morgan fingerprint density at radius 3 is 3.29 bits per heavy atom. The van der Waals surface area contributed by atoms with Gasteiger partial charge in [-0.25, -0.2) is 0 Å². The zero-order valence-electron chi connectivity index (χ0n) is 9.66. The van der Waals surface area contributed by atoms with Crippen LogP contribution in [0.1, 0.15) is 22.4 Å². The third-order valence-electron chi connectivity index (χ3n) is 3.65. The second-order valence-electron chi connectivity index (χ2n) is 4.72. The Kier molecular flexibility index (Phi) is 2.36. The van der Waals surface area contributed by atoms with Crippen LogP contribution >= 0.6 is 23.1 Å². The molecule has 0 atom stereocenters. The molecule has 0 unspecified atom stereocenters. The van der Waals surface area contributed by atoms with Crippen molar-refractivity contribution in [2.24, 2.45) is 4.99 Å². The van der Waals surface area contributed by atoms with Crippen LogP contribution in [0.25, 0.3) is 0 Å². The lowest BCUT2D eigenvalue weighted by Crippen LogP contribution is -2.42. The van der Waals surface area contributed by atoms with Crippen LogP contribution in [0.4, 0.5) is 5.00 Å². The van der Waals surface area contributed by atoms with Crippen LogP contribution < -0.4 is 5.32 Å². The topological polar surface area (TPSA) is 27.6 Å². The smallest absolute Gasteiger partial charge is 0.199 e. The highest BCUT2D eigenvalue weighted by Crippen LogP contribution is 2.42. The Hall–Kier alpha value is -0.680. The van der Waals surface area contributed by atoms with Crippen molar-refractivity contribution in [1.82, 2.24) is 4.90 Å². The summed E-state index contributed by atoms with van der Waals surface area (Å²) in [7, 11) is 0. The molecule has 0 fully saturated rings. The maximum atomic E-state index is 4.59. The number of nitrogens with zero attached hydrogens (tertiary/aromatic N) is 2. The molecular weight excluding hydrogens is 250 g/mol. The van der Waals surface area contributed by atoms with Crippen LogP contribution in [0.15, 0.2) is 4.99 Å². The molecule has 0 aliphatic carbocycles. The number of hydrogen-bond acceptors (Lipinski definition) is 5. The van der Waals surface area contributed by atoms with E-state index in [1.807, 2.05) is 11.3 Å². The summed E-state index contributed by atoms with van der Waals surface area (Å²) in [5.74, 6) is 3.60. The molecule has 1 N–H and O–H groups in total. The summed E-state index contributed by atoms with van der Waals surface area (Å²) < 4.78 is 0. The van der Waals surface area contributed by atoms with Gasteiger partial charge in [-0.15, -0.1) is 11.3 Å². The van der Waals surface area contributed by atoms with Crippen LogP contribution in [0.2, 0.25) is 0 Å². The van der Waals surface area contributed by atoms with Crippen molar-refractivity contribution in [3.63, 3.8) is 0 Å². The molecule has 0 radical (unpaired) electrons. The fraction of sp³-hybridized carbons (Fsp3) is 0.583. The SMILES string of the molecule is C1CN=C2Nc3sc4c(c3CN2C1)CCSC4. The minimum absolute atomic E-state index is 0.981. The highest BCUT2D eigenvalue weighted by Gasteiger charge is 2.29. The van der Waals surface area contributed by atoms with Crippen LogP contribution in [0.3, 0.4) is 0 Å². The zero-order valence-corrected chi connectivity index (χ0v) is 11.3. The molecule has 0 spiro atoms. The molecule has 0 amide bonds. The number of aliphatic imine (C=N–C) groups is 1. The van der Waals surface area contributed by atoms with Crippen molar-refractivity contribution in [2.75, 3.05) is 24.2 Å². The number of thiophene rings is 1. The van der Waals surface area contributed by atoms with Gasteiger partial charge in [-0.2, -0.15) is 11.8 Å². The van der Waals surface area contributed by atoms with Gasteiger partial charge in [0.1, 0.15) is 5.00 Å². The van der Waals surface area contributed by atoms with Crippen LogP contribution in [0.5, 0.6) is 0 Å². The third kappa shape index (κ3) is 1.59. The summed E-state index contributed by atoms with van der Waals surface area (Å²) in [6.07, 6.45) is 2.45. The lowest BCUT2D eigenvalue weighted by atomic mass is 10.1. The monoisotopic (exact) mass is 265 g/mol. The Morgan fingerprint density at radius 1 is 1.29 bits per heavy atom. The van der Waals surface area contributed by atoms with Crippen LogP contribution in [-0.4, -0.2) is 29.7 Å². The van der Waals surface area contributed by atoms with Gasteiger partial charge in [0.25, 0.3) is 0 Å². The molecule has 90 valence electrons. The van der Waals surface area contributed by atoms with Gasteiger partial charge in [0.15, 0.2) is 5.96 Å². The predicted octanol–water partition coefficient (Wildman–Crippen LogP) is 2.52. The minimum Gasteiger partial charge on any atom is -0.338 e. The average Bonchev–Trinajstić information content (AvgIpc) is 2.73. The molecule has 0 bridgehead atoms. The molecule has 4 heterocycles. The molecule has 0 saturated carbocycles. The Morgan fingerprint density at radius 2 is 2.29 bits per heavy atom. The number of rotatable bonds is 0. The molecule has 1 aromatic heterocycles. The number of fused-ring (bicyclic) bond motifs is 4.